The molecule has 1 unspecified atom stereocenters. The van der Waals surface area contributed by atoms with Crippen molar-refractivity contribution in [3.63, 3.8) is 0 Å². The third kappa shape index (κ3) is 6.18. The van der Waals surface area contributed by atoms with Crippen molar-refractivity contribution in [2.24, 2.45) is 5.92 Å². The SMILES string of the molecule is COC(Oc1cc(C(=O)Oc2ccccc2)ccc1OC(F)(F)F)C(C)C. The van der Waals surface area contributed by atoms with Crippen LogP contribution in [-0.2, 0) is 4.74 Å². The van der Waals surface area contributed by atoms with Crippen LogP contribution in [0.3, 0.4) is 0 Å². The van der Waals surface area contributed by atoms with Gasteiger partial charge in [-0.25, -0.2) is 4.79 Å². The number of halogens is 3. The fourth-order valence-corrected chi connectivity index (χ4v) is 2.17. The Kier molecular flexibility index (Phi) is 6.68. The van der Waals surface area contributed by atoms with Crippen LogP contribution in [-0.4, -0.2) is 25.7 Å². The van der Waals surface area contributed by atoms with Gasteiger partial charge in [0.2, 0.25) is 6.29 Å². The van der Waals surface area contributed by atoms with Crippen molar-refractivity contribution in [2.45, 2.75) is 26.5 Å². The van der Waals surface area contributed by atoms with E-state index >= 15 is 0 Å². The quantitative estimate of drug-likeness (QED) is 0.390. The summed E-state index contributed by atoms with van der Waals surface area (Å²) in [5.74, 6) is -1.47. The zero-order valence-electron chi connectivity index (χ0n) is 14.9. The van der Waals surface area contributed by atoms with Gasteiger partial charge in [0.25, 0.3) is 0 Å². The van der Waals surface area contributed by atoms with Crippen molar-refractivity contribution in [2.75, 3.05) is 7.11 Å². The molecule has 0 amide bonds. The molecule has 0 heterocycles. The summed E-state index contributed by atoms with van der Waals surface area (Å²) >= 11 is 0. The number of ether oxygens (including phenoxy) is 4. The van der Waals surface area contributed by atoms with Crippen LogP contribution < -0.4 is 14.2 Å². The average molecular weight is 384 g/mol. The summed E-state index contributed by atoms with van der Waals surface area (Å²) in [6, 6.07) is 11.6. The van der Waals surface area contributed by atoms with Gasteiger partial charge < -0.3 is 18.9 Å². The van der Waals surface area contributed by atoms with Crippen molar-refractivity contribution in [1.82, 2.24) is 0 Å². The molecule has 8 heteroatoms. The van der Waals surface area contributed by atoms with Crippen molar-refractivity contribution in [3.8, 4) is 17.2 Å². The second-order valence-electron chi connectivity index (χ2n) is 5.88. The highest BCUT2D eigenvalue weighted by molar-refractivity contribution is 5.91. The fraction of sp³-hybridized carbons (Fsp3) is 0.316. The number of methoxy groups -OCH3 is 1. The van der Waals surface area contributed by atoms with Crippen molar-refractivity contribution >= 4 is 5.97 Å². The molecule has 2 aromatic rings. The molecule has 0 spiro atoms. The zero-order chi connectivity index (χ0) is 20.0. The molecule has 27 heavy (non-hydrogen) atoms. The standard InChI is InChI=1S/C19H19F3O5/c1-12(2)18(24-3)26-16-11-13(9-10-15(16)27-19(20,21)22)17(23)25-14-7-5-4-6-8-14/h4-12,18H,1-3H3. The molecule has 0 aliphatic rings. The summed E-state index contributed by atoms with van der Waals surface area (Å²) in [4.78, 5) is 12.3. The second-order valence-corrected chi connectivity index (χ2v) is 5.88. The van der Waals surface area contributed by atoms with E-state index in [1.54, 1.807) is 44.2 Å². The lowest BCUT2D eigenvalue weighted by molar-refractivity contribution is -0.275. The number of para-hydroxylation sites is 1. The number of benzene rings is 2. The van der Waals surface area contributed by atoms with E-state index in [0.717, 1.165) is 18.2 Å². The minimum absolute atomic E-state index is 0.00184. The third-order valence-electron chi connectivity index (χ3n) is 3.38. The van der Waals surface area contributed by atoms with Gasteiger partial charge in [-0.3, -0.25) is 0 Å². The number of hydrogen-bond donors (Lipinski definition) is 0. The van der Waals surface area contributed by atoms with Gasteiger partial charge in [0.05, 0.1) is 5.56 Å². The monoisotopic (exact) mass is 384 g/mol. The molecule has 0 saturated carbocycles. The molecule has 0 aliphatic heterocycles. The van der Waals surface area contributed by atoms with Crippen molar-refractivity contribution < 1.29 is 36.9 Å². The Morgan fingerprint density at radius 1 is 1.00 bits per heavy atom. The van der Waals surface area contributed by atoms with Crippen molar-refractivity contribution in [3.05, 3.63) is 54.1 Å². The van der Waals surface area contributed by atoms with E-state index in [0.29, 0.717) is 5.75 Å². The molecular formula is C19H19F3O5. The van der Waals surface area contributed by atoms with Crippen LogP contribution in [0, 0.1) is 5.92 Å². The van der Waals surface area contributed by atoms with E-state index < -0.39 is 24.4 Å². The summed E-state index contributed by atoms with van der Waals surface area (Å²) in [7, 11) is 1.36. The first-order chi connectivity index (χ1) is 12.7. The third-order valence-corrected chi connectivity index (χ3v) is 3.38. The number of alkyl halides is 3. The lowest BCUT2D eigenvalue weighted by Gasteiger charge is -2.23. The summed E-state index contributed by atoms with van der Waals surface area (Å²) in [5.41, 5.74) is 0.00184. The summed E-state index contributed by atoms with van der Waals surface area (Å²) in [6.07, 6.45) is -5.74. The van der Waals surface area contributed by atoms with Gasteiger partial charge in [0.1, 0.15) is 5.75 Å². The second kappa shape index (κ2) is 8.77. The minimum atomic E-state index is -4.91. The van der Waals surface area contributed by atoms with E-state index in [-0.39, 0.29) is 17.2 Å². The number of hydrogen-bond acceptors (Lipinski definition) is 5. The Morgan fingerprint density at radius 3 is 2.22 bits per heavy atom. The first-order valence-electron chi connectivity index (χ1n) is 8.06. The highest BCUT2D eigenvalue weighted by atomic mass is 19.4. The van der Waals surface area contributed by atoms with E-state index in [9.17, 15) is 18.0 Å². The van der Waals surface area contributed by atoms with Crippen LogP contribution in [0.1, 0.15) is 24.2 Å². The predicted octanol–water partition coefficient (Wildman–Crippen LogP) is 4.81. The van der Waals surface area contributed by atoms with Crippen LogP contribution in [0.5, 0.6) is 17.2 Å². The smallest absolute Gasteiger partial charge is 0.461 e. The highest BCUT2D eigenvalue weighted by Gasteiger charge is 2.33. The van der Waals surface area contributed by atoms with E-state index in [2.05, 4.69) is 4.74 Å². The predicted molar refractivity (Wildman–Crippen MR) is 90.8 cm³/mol. The van der Waals surface area contributed by atoms with Crippen LogP contribution in [0.2, 0.25) is 0 Å². The Balaban J connectivity index is 2.31. The van der Waals surface area contributed by atoms with Gasteiger partial charge in [-0.05, 0) is 30.3 Å². The van der Waals surface area contributed by atoms with Gasteiger partial charge >= 0.3 is 12.3 Å². The zero-order valence-corrected chi connectivity index (χ0v) is 14.9. The molecule has 0 N–H and O–H groups in total. The van der Waals surface area contributed by atoms with Crippen LogP contribution in [0.25, 0.3) is 0 Å². The lowest BCUT2D eigenvalue weighted by Crippen LogP contribution is -2.26. The molecule has 0 aromatic heterocycles. The van der Waals surface area contributed by atoms with E-state index in [1.165, 1.54) is 7.11 Å². The van der Waals surface area contributed by atoms with Gasteiger partial charge in [-0.15, -0.1) is 13.2 Å². The molecule has 146 valence electrons. The van der Waals surface area contributed by atoms with Crippen LogP contribution in [0.15, 0.2) is 48.5 Å². The molecule has 0 fully saturated rings. The van der Waals surface area contributed by atoms with Gasteiger partial charge in [-0.1, -0.05) is 32.0 Å². The lowest BCUT2D eigenvalue weighted by atomic mass is 10.2. The summed E-state index contributed by atoms with van der Waals surface area (Å²) < 4.78 is 57.7. The minimum Gasteiger partial charge on any atom is -0.461 e. The molecule has 2 aromatic carbocycles. The van der Waals surface area contributed by atoms with E-state index in [4.69, 9.17) is 14.2 Å². The molecular weight excluding hydrogens is 365 g/mol. The number of esters is 1. The summed E-state index contributed by atoms with van der Waals surface area (Å²) in [6.45, 7) is 3.54. The Labute approximate surface area is 154 Å². The van der Waals surface area contributed by atoms with Crippen molar-refractivity contribution in [1.29, 1.82) is 0 Å². The molecule has 0 aliphatic carbocycles. The highest BCUT2D eigenvalue weighted by Crippen LogP contribution is 2.34. The van der Waals surface area contributed by atoms with E-state index in [1.807, 2.05) is 0 Å². The van der Waals surface area contributed by atoms with Gasteiger partial charge in [0.15, 0.2) is 11.5 Å². The Morgan fingerprint density at radius 2 is 1.67 bits per heavy atom. The first-order valence-corrected chi connectivity index (χ1v) is 8.06. The molecule has 5 nitrogen and oxygen atoms in total. The fourth-order valence-electron chi connectivity index (χ4n) is 2.17. The number of carbonyl (C=O) groups is 1. The first kappa shape index (κ1) is 20.6. The summed E-state index contributed by atoms with van der Waals surface area (Å²) in [5, 5.41) is 0. The molecule has 1 atom stereocenters. The number of carbonyl (C=O) groups excluding carboxylic acids is 1. The Bertz CT molecular complexity index is 760. The molecule has 0 bridgehead atoms. The normalized spacial score (nSPS) is 12.6. The topological polar surface area (TPSA) is 54.0 Å². The van der Waals surface area contributed by atoms with Crippen LogP contribution in [0.4, 0.5) is 13.2 Å². The largest absolute Gasteiger partial charge is 0.573 e. The maximum Gasteiger partial charge on any atom is 0.573 e. The maximum absolute atomic E-state index is 12.6. The maximum atomic E-state index is 12.6. The number of rotatable bonds is 7. The average Bonchev–Trinajstić information content (AvgIpc) is 2.60. The van der Waals surface area contributed by atoms with Gasteiger partial charge in [0, 0.05) is 13.0 Å². The Hall–Kier alpha value is -2.74. The molecule has 0 saturated heterocycles. The van der Waals surface area contributed by atoms with Gasteiger partial charge in [-0.2, -0.15) is 0 Å². The molecule has 2 rings (SSSR count). The van der Waals surface area contributed by atoms with Crippen LogP contribution >= 0.6 is 0 Å². The molecule has 0 radical (unpaired) electrons.